The van der Waals surface area contributed by atoms with Crippen LogP contribution < -0.4 is 0 Å². The van der Waals surface area contributed by atoms with Crippen LogP contribution in [0.2, 0.25) is 0 Å². The molecular formula is C11H11BrClFO. The summed E-state index contributed by atoms with van der Waals surface area (Å²) in [5.41, 5.74) is 0.992. The normalized spacial score (nSPS) is 25.8. The summed E-state index contributed by atoms with van der Waals surface area (Å²) in [4.78, 5) is 0. The fourth-order valence-electron chi connectivity index (χ4n) is 1.85. The Labute approximate surface area is 102 Å². The van der Waals surface area contributed by atoms with Crippen LogP contribution in [0.5, 0.6) is 0 Å². The fourth-order valence-corrected chi connectivity index (χ4v) is 2.56. The molecule has 4 heteroatoms. The monoisotopic (exact) mass is 292 g/mol. The maximum atomic E-state index is 13.1. The van der Waals surface area contributed by atoms with Crippen LogP contribution in [-0.4, -0.2) is 12.5 Å². The lowest BCUT2D eigenvalue weighted by Crippen LogP contribution is -2.09. The van der Waals surface area contributed by atoms with Gasteiger partial charge in [0.2, 0.25) is 0 Å². The van der Waals surface area contributed by atoms with Crippen LogP contribution in [0.15, 0.2) is 22.7 Å². The highest BCUT2D eigenvalue weighted by Gasteiger charge is 2.29. The number of ether oxygens (including phenoxy) is 1. The van der Waals surface area contributed by atoms with Crippen molar-refractivity contribution in [2.45, 2.75) is 12.5 Å². The van der Waals surface area contributed by atoms with Gasteiger partial charge in [0.25, 0.3) is 0 Å². The lowest BCUT2D eigenvalue weighted by atomic mass is 9.97. The summed E-state index contributed by atoms with van der Waals surface area (Å²) in [6.07, 6.45) is 0.989. The highest BCUT2D eigenvalue weighted by atomic mass is 79.9. The zero-order valence-electron chi connectivity index (χ0n) is 8.05. The molecule has 0 aliphatic carbocycles. The third-order valence-corrected chi connectivity index (χ3v) is 3.69. The number of hydrogen-bond acceptors (Lipinski definition) is 1. The molecule has 0 aromatic heterocycles. The average molecular weight is 294 g/mol. The molecule has 0 N–H and O–H groups in total. The third-order valence-electron chi connectivity index (χ3n) is 2.68. The minimum absolute atomic E-state index is 0.0133. The van der Waals surface area contributed by atoms with Gasteiger partial charge in [0.05, 0.1) is 10.6 Å². The SMILES string of the molecule is Fc1ccc(C2OCCC2CCl)cc1Br. The molecule has 2 atom stereocenters. The topological polar surface area (TPSA) is 9.23 Å². The van der Waals surface area contributed by atoms with Crippen molar-refractivity contribution in [2.24, 2.45) is 5.92 Å². The van der Waals surface area contributed by atoms with E-state index in [2.05, 4.69) is 15.9 Å². The summed E-state index contributed by atoms with van der Waals surface area (Å²) in [5.74, 6) is 0.669. The molecule has 2 rings (SSSR count). The Bertz CT molecular complexity index is 358. The molecule has 82 valence electrons. The Kier molecular flexibility index (Phi) is 3.65. The van der Waals surface area contributed by atoms with Gasteiger partial charge in [-0.2, -0.15) is 0 Å². The third kappa shape index (κ3) is 2.35. The molecule has 1 nitrogen and oxygen atoms in total. The Morgan fingerprint density at radius 1 is 1.53 bits per heavy atom. The van der Waals surface area contributed by atoms with E-state index in [-0.39, 0.29) is 11.9 Å². The van der Waals surface area contributed by atoms with Crippen molar-refractivity contribution in [3.8, 4) is 0 Å². The molecular weight excluding hydrogens is 282 g/mol. The van der Waals surface area contributed by atoms with E-state index >= 15 is 0 Å². The van der Waals surface area contributed by atoms with Crippen LogP contribution >= 0.6 is 27.5 Å². The van der Waals surface area contributed by atoms with Gasteiger partial charge in [0.1, 0.15) is 5.82 Å². The van der Waals surface area contributed by atoms with Crippen LogP contribution in [-0.2, 0) is 4.74 Å². The molecule has 0 saturated carbocycles. The molecule has 1 saturated heterocycles. The first-order valence-electron chi connectivity index (χ1n) is 4.85. The summed E-state index contributed by atoms with van der Waals surface area (Å²) in [5, 5.41) is 0. The van der Waals surface area contributed by atoms with Crippen molar-refractivity contribution in [3.05, 3.63) is 34.1 Å². The number of alkyl halides is 1. The molecule has 2 unspecified atom stereocenters. The lowest BCUT2D eigenvalue weighted by molar-refractivity contribution is 0.0950. The van der Waals surface area contributed by atoms with Gasteiger partial charge in [-0.3, -0.25) is 0 Å². The van der Waals surface area contributed by atoms with Crippen LogP contribution in [0.1, 0.15) is 18.1 Å². The van der Waals surface area contributed by atoms with E-state index in [1.54, 1.807) is 12.1 Å². The maximum Gasteiger partial charge on any atom is 0.137 e. The van der Waals surface area contributed by atoms with Crippen LogP contribution in [0, 0.1) is 11.7 Å². The summed E-state index contributed by atoms with van der Waals surface area (Å²) in [6, 6.07) is 4.98. The first kappa shape index (κ1) is 11.4. The van der Waals surface area contributed by atoms with E-state index in [0.29, 0.717) is 16.3 Å². The van der Waals surface area contributed by atoms with E-state index in [4.69, 9.17) is 16.3 Å². The zero-order chi connectivity index (χ0) is 10.8. The Balaban J connectivity index is 2.25. The molecule has 1 aromatic carbocycles. The van der Waals surface area contributed by atoms with E-state index in [9.17, 15) is 4.39 Å². The minimum Gasteiger partial charge on any atom is -0.373 e. The van der Waals surface area contributed by atoms with Crippen molar-refractivity contribution >= 4 is 27.5 Å². The maximum absolute atomic E-state index is 13.1. The van der Waals surface area contributed by atoms with Crippen LogP contribution in [0.4, 0.5) is 4.39 Å². The summed E-state index contributed by atoms with van der Waals surface area (Å²) >= 11 is 9.03. The zero-order valence-corrected chi connectivity index (χ0v) is 10.4. The average Bonchev–Trinajstić information content (AvgIpc) is 2.70. The quantitative estimate of drug-likeness (QED) is 0.751. The van der Waals surface area contributed by atoms with Gasteiger partial charge >= 0.3 is 0 Å². The second-order valence-electron chi connectivity index (χ2n) is 3.67. The highest BCUT2D eigenvalue weighted by molar-refractivity contribution is 9.10. The van der Waals surface area contributed by atoms with Gasteiger partial charge in [0.15, 0.2) is 0 Å². The smallest absolute Gasteiger partial charge is 0.137 e. The van der Waals surface area contributed by atoms with Crippen molar-refractivity contribution < 1.29 is 9.13 Å². The summed E-state index contributed by atoms with van der Waals surface area (Å²) in [6.45, 7) is 0.733. The molecule has 0 radical (unpaired) electrons. The summed E-state index contributed by atoms with van der Waals surface area (Å²) in [7, 11) is 0. The lowest BCUT2D eigenvalue weighted by Gasteiger charge is -2.16. The number of halogens is 3. The summed E-state index contributed by atoms with van der Waals surface area (Å²) < 4.78 is 19.1. The van der Waals surface area contributed by atoms with Crippen molar-refractivity contribution in [2.75, 3.05) is 12.5 Å². The van der Waals surface area contributed by atoms with Crippen molar-refractivity contribution in [1.29, 1.82) is 0 Å². The first-order valence-corrected chi connectivity index (χ1v) is 6.17. The van der Waals surface area contributed by atoms with Gasteiger partial charge in [0, 0.05) is 18.4 Å². The number of rotatable bonds is 2. The second-order valence-corrected chi connectivity index (χ2v) is 4.83. The fraction of sp³-hybridized carbons (Fsp3) is 0.455. The van der Waals surface area contributed by atoms with Gasteiger partial charge < -0.3 is 4.74 Å². The standard InChI is InChI=1S/C11H11BrClFO/c12-9-5-7(1-2-10(9)14)11-8(6-13)3-4-15-11/h1-2,5,8,11H,3-4,6H2. The second kappa shape index (κ2) is 4.81. The van der Waals surface area contributed by atoms with Gasteiger partial charge in [-0.15, -0.1) is 11.6 Å². The Hall–Kier alpha value is -0.120. The van der Waals surface area contributed by atoms with Gasteiger partial charge in [-0.25, -0.2) is 4.39 Å². The molecule has 1 heterocycles. The van der Waals surface area contributed by atoms with Gasteiger partial charge in [-0.05, 0) is 40.0 Å². The van der Waals surface area contributed by atoms with Crippen LogP contribution in [0.3, 0.4) is 0 Å². The number of hydrogen-bond donors (Lipinski definition) is 0. The van der Waals surface area contributed by atoms with E-state index in [1.165, 1.54) is 6.07 Å². The largest absolute Gasteiger partial charge is 0.373 e. The van der Waals surface area contributed by atoms with E-state index < -0.39 is 0 Å². The molecule has 1 aliphatic rings. The molecule has 1 fully saturated rings. The molecule has 0 spiro atoms. The highest BCUT2D eigenvalue weighted by Crippen LogP contribution is 2.36. The number of benzene rings is 1. The molecule has 1 aliphatic heterocycles. The van der Waals surface area contributed by atoms with Crippen molar-refractivity contribution in [3.63, 3.8) is 0 Å². The molecule has 15 heavy (non-hydrogen) atoms. The van der Waals surface area contributed by atoms with Crippen molar-refractivity contribution in [1.82, 2.24) is 0 Å². The van der Waals surface area contributed by atoms with E-state index in [0.717, 1.165) is 18.6 Å². The molecule has 1 aromatic rings. The predicted molar refractivity (Wildman–Crippen MR) is 61.6 cm³/mol. The Morgan fingerprint density at radius 3 is 3.00 bits per heavy atom. The van der Waals surface area contributed by atoms with E-state index in [1.807, 2.05) is 0 Å². The predicted octanol–water partition coefficient (Wildman–Crippen LogP) is 3.90. The minimum atomic E-state index is -0.251. The molecule has 0 amide bonds. The molecule has 0 bridgehead atoms. The first-order chi connectivity index (χ1) is 7.22. The van der Waals surface area contributed by atoms with Crippen LogP contribution in [0.25, 0.3) is 0 Å². The van der Waals surface area contributed by atoms with Gasteiger partial charge in [-0.1, -0.05) is 6.07 Å². The Morgan fingerprint density at radius 2 is 2.33 bits per heavy atom.